The SMILES string of the molecule is CCCCCCCCCCCC(CCCCCCCCCC)C(CCCCCCCC)(CCCCCCCCC)C(CCCCC)(CCCCCCC)C(CCCC)C(CCC)CCCCCCC. The van der Waals surface area contributed by atoms with E-state index in [9.17, 15) is 0 Å². The highest BCUT2D eigenvalue weighted by atomic mass is 14.6. The van der Waals surface area contributed by atoms with E-state index in [4.69, 9.17) is 0 Å². The molecule has 0 rings (SSSR count). The summed E-state index contributed by atoms with van der Waals surface area (Å²) in [5, 5.41) is 0. The number of hydrogen-bond donors (Lipinski definition) is 0. The van der Waals surface area contributed by atoms with Crippen molar-refractivity contribution in [3.8, 4) is 0 Å². The van der Waals surface area contributed by atoms with Crippen molar-refractivity contribution in [2.75, 3.05) is 0 Å². The van der Waals surface area contributed by atoms with E-state index in [0.717, 1.165) is 17.8 Å². The summed E-state index contributed by atoms with van der Waals surface area (Å²) >= 11 is 0. The molecule has 0 heteroatoms. The molecule has 0 bridgehead atoms. The maximum atomic E-state index is 2.58. The van der Waals surface area contributed by atoms with Gasteiger partial charge in [-0.1, -0.05) is 371 Å². The molecule has 0 heterocycles. The van der Waals surface area contributed by atoms with E-state index >= 15 is 0 Å². The van der Waals surface area contributed by atoms with E-state index in [0.29, 0.717) is 10.8 Å². The molecule has 0 aliphatic rings. The Kier molecular flexibility index (Phi) is 52.8. The molecular weight excluding hydrogens is 829 g/mol. The van der Waals surface area contributed by atoms with Gasteiger partial charge in [0.2, 0.25) is 0 Å². The highest BCUT2D eigenvalue weighted by Crippen LogP contribution is 2.66. The first-order valence-corrected chi connectivity index (χ1v) is 34.0. The minimum Gasteiger partial charge on any atom is -0.0654 e. The monoisotopic (exact) mass is 969 g/mol. The van der Waals surface area contributed by atoms with Crippen LogP contribution < -0.4 is 0 Å². The lowest BCUT2D eigenvalue weighted by molar-refractivity contribution is -0.127. The lowest BCUT2D eigenvalue weighted by Crippen LogP contribution is -2.54. The van der Waals surface area contributed by atoms with E-state index in [1.807, 2.05) is 0 Å². The van der Waals surface area contributed by atoms with Gasteiger partial charge in [0, 0.05) is 0 Å². The molecule has 0 fully saturated rings. The summed E-state index contributed by atoms with van der Waals surface area (Å²) in [5.41, 5.74) is 0.982. The Balaban J connectivity index is 8.12. The van der Waals surface area contributed by atoms with Gasteiger partial charge in [-0.2, -0.15) is 0 Å². The Morgan fingerprint density at radius 2 is 0.435 bits per heavy atom. The fraction of sp³-hybridized carbons (Fsp3) is 1.00. The highest BCUT2D eigenvalue weighted by molar-refractivity contribution is 5.06. The fourth-order valence-corrected chi connectivity index (χ4v) is 14.4. The third-order valence-electron chi connectivity index (χ3n) is 18.5. The van der Waals surface area contributed by atoms with Gasteiger partial charge in [0.1, 0.15) is 0 Å². The van der Waals surface area contributed by atoms with Crippen LogP contribution in [-0.4, -0.2) is 0 Å². The summed E-state index contributed by atoms with van der Waals surface area (Å²) in [6.45, 7) is 22.1. The van der Waals surface area contributed by atoms with E-state index in [1.165, 1.54) is 315 Å². The first-order valence-electron chi connectivity index (χ1n) is 34.0. The first-order chi connectivity index (χ1) is 34.0. The van der Waals surface area contributed by atoms with Gasteiger partial charge in [-0.25, -0.2) is 0 Å². The van der Waals surface area contributed by atoms with Crippen molar-refractivity contribution in [2.24, 2.45) is 28.6 Å². The topological polar surface area (TPSA) is 0 Å². The van der Waals surface area contributed by atoms with Crippen LogP contribution in [0.15, 0.2) is 0 Å². The van der Waals surface area contributed by atoms with Gasteiger partial charge in [0.05, 0.1) is 0 Å². The van der Waals surface area contributed by atoms with Crippen LogP contribution in [0.3, 0.4) is 0 Å². The lowest BCUT2D eigenvalue weighted by atomic mass is 9.43. The van der Waals surface area contributed by atoms with Gasteiger partial charge in [-0.15, -0.1) is 0 Å². The molecule has 69 heavy (non-hydrogen) atoms. The van der Waals surface area contributed by atoms with Crippen LogP contribution in [0, 0.1) is 28.6 Å². The fourth-order valence-electron chi connectivity index (χ4n) is 14.4. The van der Waals surface area contributed by atoms with Crippen LogP contribution >= 0.6 is 0 Å². The highest BCUT2D eigenvalue weighted by Gasteiger charge is 2.57. The number of hydrogen-bond acceptors (Lipinski definition) is 0. The molecule has 0 radical (unpaired) electrons. The second-order valence-electron chi connectivity index (χ2n) is 24.4. The average molecular weight is 970 g/mol. The van der Waals surface area contributed by atoms with Gasteiger partial charge in [-0.05, 0) is 73.5 Å². The number of unbranched alkanes of at least 4 members (excludes halogenated alkanes) is 37. The second kappa shape index (κ2) is 52.8. The lowest BCUT2D eigenvalue weighted by Gasteiger charge is -2.62. The zero-order valence-corrected chi connectivity index (χ0v) is 50.6. The van der Waals surface area contributed by atoms with Crippen molar-refractivity contribution in [1.29, 1.82) is 0 Å². The molecule has 0 aromatic heterocycles. The van der Waals surface area contributed by atoms with Crippen LogP contribution in [0.2, 0.25) is 0 Å². The normalized spacial score (nSPS) is 15.1. The van der Waals surface area contributed by atoms with E-state index in [-0.39, 0.29) is 0 Å². The molecule has 0 amide bonds. The molecule has 5 unspecified atom stereocenters. The second-order valence-corrected chi connectivity index (χ2v) is 24.4. The molecule has 0 aliphatic carbocycles. The van der Waals surface area contributed by atoms with Crippen LogP contribution in [-0.2, 0) is 0 Å². The van der Waals surface area contributed by atoms with Crippen molar-refractivity contribution in [1.82, 2.24) is 0 Å². The Labute approximate surface area is 442 Å². The molecule has 0 saturated heterocycles. The van der Waals surface area contributed by atoms with Gasteiger partial charge in [-0.3, -0.25) is 0 Å². The zero-order valence-electron chi connectivity index (χ0n) is 50.6. The average Bonchev–Trinajstić information content (AvgIpc) is 3.35. The predicted octanol–water partition coefficient (Wildman–Crippen LogP) is 26.4. The molecular formula is C69H140. The maximum Gasteiger partial charge on any atom is -0.0207 e. The molecule has 0 aromatic carbocycles. The third kappa shape index (κ3) is 34.2. The van der Waals surface area contributed by atoms with Crippen molar-refractivity contribution >= 4 is 0 Å². The number of rotatable bonds is 59. The molecule has 5 atom stereocenters. The molecule has 0 saturated carbocycles. The van der Waals surface area contributed by atoms with Gasteiger partial charge in [0.15, 0.2) is 0 Å². The van der Waals surface area contributed by atoms with Crippen LogP contribution in [0.1, 0.15) is 415 Å². The van der Waals surface area contributed by atoms with Crippen molar-refractivity contribution in [3.63, 3.8) is 0 Å². The van der Waals surface area contributed by atoms with Crippen LogP contribution in [0.5, 0.6) is 0 Å². The van der Waals surface area contributed by atoms with Gasteiger partial charge in [0.25, 0.3) is 0 Å². The van der Waals surface area contributed by atoms with Crippen LogP contribution in [0.4, 0.5) is 0 Å². The van der Waals surface area contributed by atoms with Crippen LogP contribution in [0.25, 0.3) is 0 Å². The summed E-state index contributed by atoms with van der Waals surface area (Å²) < 4.78 is 0. The molecule has 416 valence electrons. The Morgan fingerprint density at radius 1 is 0.188 bits per heavy atom. The molecule has 0 N–H and O–H groups in total. The quantitative estimate of drug-likeness (QED) is 0.0533. The van der Waals surface area contributed by atoms with E-state index < -0.39 is 0 Å². The standard InChI is InChI=1S/C69H140/c1-10-19-27-33-37-39-41-45-51-59-66(58-50-44-40-38-34-28-20-11-2)68(61-53-47-36-30-22-13-4,62-54-48-42-35-29-21-12-3)69(63-52-25-16-7,64-55-46-32-24-15-6)67(60-26-17-8)65(56-18-9)57-49-43-31-23-14-5/h65-67H,10-64H2,1-9H3. The van der Waals surface area contributed by atoms with Gasteiger partial charge < -0.3 is 0 Å². The van der Waals surface area contributed by atoms with Gasteiger partial charge >= 0.3 is 0 Å². The molecule has 0 aliphatic heterocycles. The predicted molar refractivity (Wildman–Crippen MR) is 320 cm³/mol. The molecule has 0 nitrogen and oxygen atoms in total. The summed E-state index contributed by atoms with van der Waals surface area (Å²) in [6.07, 6.45) is 81.1. The van der Waals surface area contributed by atoms with E-state index in [1.54, 1.807) is 38.5 Å². The Hall–Kier alpha value is 0. The maximum absolute atomic E-state index is 2.58. The van der Waals surface area contributed by atoms with Crippen molar-refractivity contribution in [3.05, 3.63) is 0 Å². The molecule has 0 aromatic rings. The Morgan fingerprint density at radius 3 is 0.754 bits per heavy atom. The summed E-state index contributed by atoms with van der Waals surface area (Å²) in [7, 11) is 0. The Bertz CT molecular complexity index is 950. The van der Waals surface area contributed by atoms with E-state index in [2.05, 4.69) is 62.3 Å². The third-order valence-corrected chi connectivity index (χ3v) is 18.5. The smallest absolute Gasteiger partial charge is 0.0207 e. The first kappa shape index (κ1) is 69.0. The largest absolute Gasteiger partial charge is 0.0654 e. The molecule has 0 spiro atoms. The van der Waals surface area contributed by atoms with Crippen molar-refractivity contribution in [2.45, 2.75) is 415 Å². The minimum atomic E-state index is 0.489. The zero-order chi connectivity index (χ0) is 50.6. The summed E-state index contributed by atoms with van der Waals surface area (Å²) in [4.78, 5) is 0. The minimum absolute atomic E-state index is 0.489. The van der Waals surface area contributed by atoms with Crippen molar-refractivity contribution < 1.29 is 0 Å². The summed E-state index contributed by atoms with van der Waals surface area (Å²) in [6, 6.07) is 0. The summed E-state index contributed by atoms with van der Waals surface area (Å²) in [5.74, 6) is 2.77.